The average Bonchev–Trinajstić information content (AvgIpc) is 2.07. The van der Waals surface area contributed by atoms with Crippen molar-refractivity contribution in [3.8, 4) is 0 Å². The van der Waals surface area contributed by atoms with Crippen molar-refractivity contribution >= 4 is 27.9 Å². The third-order valence-corrected chi connectivity index (χ3v) is 2.01. The molecule has 0 aliphatic heterocycles. The van der Waals surface area contributed by atoms with Gasteiger partial charge in [-0.25, -0.2) is 4.79 Å². The van der Waals surface area contributed by atoms with E-state index in [4.69, 9.17) is 0 Å². The predicted molar refractivity (Wildman–Crippen MR) is 49.2 cm³/mol. The maximum atomic E-state index is 9.94. The van der Waals surface area contributed by atoms with Crippen molar-refractivity contribution in [3.63, 3.8) is 0 Å². The quantitative estimate of drug-likeness (QED) is 0.542. The molecule has 0 aliphatic rings. The maximum Gasteiger partial charge on any atom is 0.125 e. The number of halogens is 1. The fourth-order valence-corrected chi connectivity index (χ4v) is 1.14. The summed E-state index contributed by atoms with van der Waals surface area (Å²) in [6.45, 7) is 0. The molecule has 0 heterocycles. The second-order valence-corrected chi connectivity index (χ2v) is 2.70. The summed E-state index contributed by atoms with van der Waals surface area (Å²) in [5, 5.41) is 0.845. The highest BCUT2D eigenvalue weighted by molar-refractivity contribution is 9.08. The van der Waals surface area contributed by atoms with Gasteiger partial charge >= 0.3 is 0 Å². The van der Waals surface area contributed by atoms with Crippen LogP contribution in [-0.4, -0.2) is 5.94 Å². The van der Waals surface area contributed by atoms with Crippen molar-refractivity contribution in [2.24, 2.45) is 0 Å². The lowest BCUT2D eigenvalue weighted by atomic mass is 10.1. The largest absolute Gasteiger partial charge is 0.233 e. The van der Waals surface area contributed by atoms with Crippen molar-refractivity contribution in [2.75, 3.05) is 0 Å². The Hall–Kier alpha value is -0.850. The van der Waals surface area contributed by atoms with Gasteiger partial charge in [0.05, 0.1) is 0 Å². The van der Waals surface area contributed by atoms with Crippen LogP contribution in [0, 0.1) is 0 Å². The van der Waals surface area contributed by atoms with Crippen LogP contribution in [-0.2, 0) is 10.1 Å². The monoisotopic (exact) mass is 210 g/mol. The molecule has 0 spiro atoms. The summed E-state index contributed by atoms with van der Waals surface area (Å²) in [5.41, 5.74) is 2.10. The number of rotatable bonds is 2. The molecule has 0 fully saturated rings. The molecule has 0 saturated heterocycles. The van der Waals surface area contributed by atoms with E-state index in [1.165, 1.54) is 11.6 Å². The SMILES string of the molecule is O=C=Cc1ccc(CBr)cc1. The van der Waals surface area contributed by atoms with E-state index >= 15 is 0 Å². The molecule has 0 radical (unpaired) electrons. The van der Waals surface area contributed by atoms with E-state index in [9.17, 15) is 4.79 Å². The summed E-state index contributed by atoms with van der Waals surface area (Å²) in [4.78, 5) is 9.94. The molecular formula is C9H7BrO. The van der Waals surface area contributed by atoms with E-state index < -0.39 is 0 Å². The van der Waals surface area contributed by atoms with Crippen LogP contribution in [0.3, 0.4) is 0 Å². The molecule has 0 unspecified atom stereocenters. The molecule has 0 bridgehead atoms. The predicted octanol–water partition coefficient (Wildman–Crippen LogP) is 2.43. The van der Waals surface area contributed by atoms with Gasteiger partial charge in [0.1, 0.15) is 5.94 Å². The van der Waals surface area contributed by atoms with Gasteiger partial charge in [0.15, 0.2) is 0 Å². The van der Waals surface area contributed by atoms with E-state index in [1.807, 2.05) is 24.3 Å². The smallest absolute Gasteiger partial charge is 0.125 e. The van der Waals surface area contributed by atoms with Crippen LogP contribution in [0.4, 0.5) is 0 Å². The van der Waals surface area contributed by atoms with E-state index in [0.717, 1.165) is 10.9 Å². The Balaban J connectivity index is 2.91. The Morgan fingerprint density at radius 2 is 2.00 bits per heavy atom. The lowest BCUT2D eigenvalue weighted by Gasteiger charge is -1.93. The zero-order chi connectivity index (χ0) is 8.10. The van der Waals surface area contributed by atoms with Crippen molar-refractivity contribution < 1.29 is 4.79 Å². The number of carbonyl (C=O) groups excluding carboxylic acids is 1. The standard InChI is InChI=1S/C9H7BrO/c10-7-9-3-1-8(2-4-9)5-6-11/h1-5H,7H2. The minimum Gasteiger partial charge on any atom is -0.233 e. The number of hydrogen-bond acceptors (Lipinski definition) is 1. The summed E-state index contributed by atoms with van der Waals surface area (Å²) in [7, 11) is 0. The summed E-state index contributed by atoms with van der Waals surface area (Å²) in [6, 6.07) is 7.72. The minimum atomic E-state index is 0.845. The molecule has 0 N–H and O–H groups in total. The summed E-state index contributed by atoms with van der Waals surface area (Å²) in [5.74, 6) is 1.73. The van der Waals surface area contributed by atoms with Crippen molar-refractivity contribution in [1.29, 1.82) is 0 Å². The molecule has 0 amide bonds. The van der Waals surface area contributed by atoms with Crippen LogP contribution in [0.5, 0.6) is 0 Å². The van der Waals surface area contributed by atoms with Gasteiger partial charge in [-0.2, -0.15) is 0 Å². The van der Waals surface area contributed by atoms with Crippen molar-refractivity contribution in [3.05, 3.63) is 35.4 Å². The van der Waals surface area contributed by atoms with Gasteiger partial charge in [0, 0.05) is 11.4 Å². The molecule has 0 aliphatic carbocycles. The van der Waals surface area contributed by atoms with Crippen molar-refractivity contribution in [1.82, 2.24) is 0 Å². The van der Waals surface area contributed by atoms with Gasteiger partial charge in [-0.1, -0.05) is 40.2 Å². The highest BCUT2D eigenvalue weighted by atomic mass is 79.9. The van der Waals surface area contributed by atoms with Gasteiger partial charge < -0.3 is 0 Å². The van der Waals surface area contributed by atoms with Crippen LogP contribution in [0.15, 0.2) is 24.3 Å². The number of hydrogen-bond donors (Lipinski definition) is 0. The fraction of sp³-hybridized carbons (Fsp3) is 0.111. The van der Waals surface area contributed by atoms with Crippen LogP contribution in [0.1, 0.15) is 11.1 Å². The van der Waals surface area contributed by atoms with E-state index in [1.54, 1.807) is 5.94 Å². The Kier molecular flexibility index (Phi) is 3.09. The fourth-order valence-electron chi connectivity index (χ4n) is 0.771. The lowest BCUT2D eigenvalue weighted by Crippen LogP contribution is -1.76. The zero-order valence-corrected chi connectivity index (χ0v) is 7.47. The second-order valence-electron chi connectivity index (χ2n) is 2.14. The molecule has 1 aromatic carbocycles. The summed E-state index contributed by atoms with van der Waals surface area (Å²) >= 11 is 3.33. The topological polar surface area (TPSA) is 17.1 Å². The average molecular weight is 211 g/mol. The first-order chi connectivity index (χ1) is 5.36. The molecule has 0 atom stereocenters. The van der Waals surface area contributed by atoms with Crippen LogP contribution in [0.2, 0.25) is 0 Å². The first-order valence-electron chi connectivity index (χ1n) is 3.22. The van der Waals surface area contributed by atoms with Gasteiger partial charge in [-0.3, -0.25) is 0 Å². The molecule has 56 valence electrons. The number of alkyl halides is 1. The molecule has 1 nitrogen and oxygen atoms in total. The highest BCUT2D eigenvalue weighted by Gasteiger charge is 1.88. The van der Waals surface area contributed by atoms with E-state index in [0.29, 0.717) is 0 Å². The van der Waals surface area contributed by atoms with Crippen LogP contribution in [0.25, 0.3) is 6.08 Å². The number of benzene rings is 1. The zero-order valence-electron chi connectivity index (χ0n) is 5.88. The Morgan fingerprint density at radius 3 is 2.45 bits per heavy atom. The van der Waals surface area contributed by atoms with E-state index in [-0.39, 0.29) is 0 Å². The maximum absolute atomic E-state index is 9.94. The van der Waals surface area contributed by atoms with Gasteiger partial charge in [0.25, 0.3) is 0 Å². The first-order valence-corrected chi connectivity index (χ1v) is 4.35. The second kappa shape index (κ2) is 4.12. The van der Waals surface area contributed by atoms with Gasteiger partial charge in [-0.15, -0.1) is 0 Å². The van der Waals surface area contributed by atoms with Gasteiger partial charge in [-0.05, 0) is 11.1 Å². The molecule has 0 saturated carbocycles. The van der Waals surface area contributed by atoms with E-state index in [2.05, 4.69) is 15.9 Å². The molecule has 1 rings (SSSR count). The first kappa shape index (κ1) is 8.25. The normalized spacial score (nSPS) is 8.82. The van der Waals surface area contributed by atoms with Crippen LogP contribution >= 0.6 is 15.9 Å². The summed E-state index contributed by atoms with van der Waals surface area (Å²) < 4.78 is 0. The van der Waals surface area contributed by atoms with Gasteiger partial charge in [0.2, 0.25) is 0 Å². The highest BCUT2D eigenvalue weighted by Crippen LogP contribution is 2.07. The minimum absolute atomic E-state index is 0.845. The molecule has 11 heavy (non-hydrogen) atoms. The van der Waals surface area contributed by atoms with Crippen LogP contribution < -0.4 is 0 Å². The third-order valence-electron chi connectivity index (χ3n) is 1.36. The molecule has 0 aromatic heterocycles. The molecule has 2 heteroatoms. The molecular weight excluding hydrogens is 204 g/mol. The molecule has 1 aromatic rings. The summed E-state index contributed by atoms with van der Waals surface area (Å²) in [6.07, 6.45) is 1.41. The third kappa shape index (κ3) is 2.34. The van der Waals surface area contributed by atoms with Crippen molar-refractivity contribution in [2.45, 2.75) is 5.33 Å². The Morgan fingerprint density at radius 1 is 1.36 bits per heavy atom. The lowest BCUT2D eigenvalue weighted by molar-refractivity contribution is 0.570. The Labute approximate surface area is 73.9 Å². The Bertz CT molecular complexity index is 270.